The number of unbranched alkanes of at least 4 members (excludes halogenated alkanes) is 1. The van der Waals surface area contributed by atoms with Crippen LogP contribution in [0.5, 0.6) is 0 Å². The Hall–Kier alpha value is -0.820. The predicted octanol–water partition coefficient (Wildman–Crippen LogP) is 5.13. The molecule has 1 aliphatic carbocycles. The molecule has 2 unspecified atom stereocenters. The van der Waals surface area contributed by atoms with Crippen molar-refractivity contribution in [3.63, 3.8) is 0 Å². The molecular weight excluding hydrogens is 242 g/mol. The van der Waals surface area contributed by atoms with Crippen LogP contribution in [0.1, 0.15) is 70.3 Å². The molecule has 1 nitrogen and oxygen atoms in total. The zero-order chi connectivity index (χ0) is 14.2. The van der Waals surface area contributed by atoms with Crippen molar-refractivity contribution in [2.45, 2.75) is 70.8 Å². The summed E-state index contributed by atoms with van der Waals surface area (Å²) in [6.07, 6.45) is 9.55. The lowest BCUT2D eigenvalue weighted by Gasteiger charge is -2.24. The van der Waals surface area contributed by atoms with Gasteiger partial charge >= 0.3 is 0 Å². The zero-order valence-electron chi connectivity index (χ0n) is 13.3. The average molecular weight is 273 g/mol. The summed E-state index contributed by atoms with van der Waals surface area (Å²) in [5.41, 5.74) is 1.52. The van der Waals surface area contributed by atoms with Gasteiger partial charge in [0.15, 0.2) is 0 Å². The number of rotatable bonds is 10. The van der Waals surface area contributed by atoms with E-state index >= 15 is 0 Å². The average Bonchev–Trinajstić information content (AvgIpc) is 3.32. The van der Waals surface area contributed by atoms with Gasteiger partial charge in [0, 0.05) is 12.6 Å². The molecule has 0 amide bonds. The highest BCUT2D eigenvalue weighted by atomic mass is 14.9. The Bertz CT molecular complexity index is 355. The highest BCUT2D eigenvalue weighted by Gasteiger charge is 2.23. The minimum atomic E-state index is 0.693. The van der Waals surface area contributed by atoms with Crippen LogP contribution in [0.2, 0.25) is 0 Å². The Balaban J connectivity index is 1.93. The Kier molecular flexibility index (Phi) is 6.59. The van der Waals surface area contributed by atoms with Crippen LogP contribution in [0.15, 0.2) is 30.3 Å². The quantitative estimate of drug-likeness (QED) is 0.623. The molecule has 1 heteroatoms. The number of hydrogen-bond donors (Lipinski definition) is 1. The summed E-state index contributed by atoms with van der Waals surface area (Å²) in [5.74, 6) is 1.58. The summed E-state index contributed by atoms with van der Waals surface area (Å²) in [7, 11) is 0. The molecule has 1 aliphatic rings. The maximum absolute atomic E-state index is 3.74. The van der Waals surface area contributed by atoms with Gasteiger partial charge in [0.2, 0.25) is 0 Å². The van der Waals surface area contributed by atoms with E-state index in [-0.39, 0.29) is 0 Å². The van der Waals surface area contributed by atoms with Gasteiger partial charge < -0.3 is 5.32 Å². The molecular formula is C19H31N. The highest BCUT2D eigenvalue weighted by Crippen LogP contribution is 2.29. The third-order valence-electron chi connectivity index (χ3n) is 4.66. The molecule has 1 aromatic rings. The predicted molar refractivity (Wildman–Crippen MR) is 88.1 cm³/mol. The third-order valence-corrected chi connectivity index (χ3v) is 4.66. The third kappa shape index (κ3) is 5.28. The Labute approximate surface area is 125 Å². The van der Waals surface area contributed by atoms with E-state index in [1.54, 1.807) is 0 Å². The van der Waals surface area contributed by atoms with E-state index in [0.29, 0.717) is 5.92 Å². The van der Waals surface area contributed by atoms with Gasteiger partial charge in [-0.25, -0.2) is 0 Å². The summed E-state index contributed by atoms with van der Waals surface area (Å²) < 4.78 is 0. The van der Waals surface area contributed by atoms with Gasteiger partial charge in [-0.3, -0.25) is 0 Å². The first-order valence-electron chi connectivity index (χ1n) is 8.61. The van der Waals surface area contributed by atoms with Crippen LogP contribution in [0.25, 0.3) is 0 Å². The fourth-order valence-corrected chi connectivity index (χ4v) is 3.04. The highest BCUT2D eigenvalue weighted by molar-refractivity contribution is 5.20. The van der Waals surface area contributed by atoms with Crippen LogP contribution in [0.4, 0.5) is 0 Å². The molecule has 0 aliphatic heterocycles. The molecule has 2 rings (SSSR count). The lowest BCUT2D eigenvalue weighted by atomic mass is 9.85. The summed E-state index contributed by atoms with van der Waals surface area (Å²) in [4.78, 5) is 0. The SMILES string of the molecule is CCCCC(CC)CC(CNC1CC1)c1ccccc1. The van der Waals surface area contributed by atoms with Crippen molar-refractivity contribution >= 4 is 0 Å². The Morgan fingerprint density at radius 2 is 1.90 bits per heavy atom. The minimum absolute atomic E-state index is 0.693. The van der Waals surface area contributed by atoms with E-state index in [4.69, 9.17) is 0 Å². The molecule has 1 N–H and O–H groups in total. The van der Waals surface area contributed by atoms with E-state index in [1.165, 1.54) is 50.5 Å². The van der Waals surface area contributed by atoms with E-state index in [0.717, 1.165) is 18.5 Å². The second-order valence-corrected chi connectivity index (χ2v) is 6.44. The molecule has 0 spiro atoms. The van der Waals surface area contributed by atoms with Gasteiger partial charge in [0.1, 0.15) is 0 Å². The molecule has 0 saturated heterocycles. The van der Waals surface area contributed by atoms with Gasteiger partial charge in [-0.15, -0.1) is 0 Å². The minimum Gasteiger partial charge on any atom is -0.313 e. The van der Waals surface area contributed by atoms with Gasteiger partial charge in [0.05, 0.1) is 0 Å². The van der Waals surface area contributed by atoms with Crippen LogP contribution in [-0.4, -0.2) is 12.6 Å². The van der Waals surface area contributed by atoms with E-state index in [9.17, 15) is 0 Å². The lowest BCUT2D eigenvalue weighted by molar-refractivity contribution is 0.375. The first kappa shape index (κ1) is 15.6. The molecule has 0 heterocycles. The molecule has 2 atom stereocenters. The smallest absolute Gasteiger partial charge is 0.00684 e. The molecule has 0 aromatic heterocycles. The van der Waals surface area contributed by atoms with Gasteiger partial charge in [-0.2, -0.15) is 0 Å². The van der Waals surface area contributed by atoms with Crippen molar-refractivity contribution in [2.24, 2.45) is 5.92 Å². The number of benzene rings is 1. The molecule has 0 radical (unpaired) electrons. The zero-order valence-corrected chi connectivity index (χ0v) is 13.3. The largest absolute Gasteiger partial charge is 0.313 e. The number of nitrogens with one attached hydrogen (secondary N) is 1. The summed E-state index contributed by atoms with van der Waals surface area (Å²) in [5, 5.41) is 3.74. The fourth-order valence-electron chi connectivity index (χ4n) is 3.04. The second-order valence-electron chi connectivity index (χ2n) is 6.44. The van der Waals surface area contributed by atoms with Crippen molar-refractivity contribution in [3.8, 4) is 0 Å². The standard InChI is InChI=1S/C19H31N/c1-3-5-9-16(4-2)14-18(15-20-19-12-13-19)17-10-7-6-8-11-17/h6-8,10-11,16,18-20H,3-5,9,12-15H2,1-2H3. The van der Waals surface area contributed by atoms with Crippen LogP contribution < -0.4 is 5.32 Å². The Morgan fingerprint density at radius 1 is 1.15 bits per heavy atom. The van der Waals surface area contributed by atoms with Crippen molar-refractivity contribution in [1.29, 1.82) is 0 Å². The maximum Gasteiger partial charge on any atom is 0.00684 e. The van der Waals surface area contributed by atoms with Gasteiger partial charge in [0.25, 0.3) is 0 Å². The van der Waals surface area contributed by atoms with Crippen LogP contribution >= 0.6 is 0 Å². The summed E-state index contributed by atoms with van der Waals surface area (Å²) >= 11 is 0. The molecule has 112 valence electrons. The molecule has 1 aromatic carbocycles. The molecule has 20 heavy (non-hydrogen) atoms. The van der Waals surface area contributed by atoms with Gasteiger partial charge in [-0.05, 0) is 36.7 Å². The lowest BCUT2D eigenvalue weighted by Crippen LogP contribution is -2.25. The first-order valence-corrected chi connectivity index (χ1v) is 8.61. The van der Waals surface area contributed by atoms with Crippen molar-refractivity contribution in [3.05, 3.63) is 35.9 Å². The Morgan fingerprint density at radius 3 is 2.50 bits per heavy atom. The maximum atomic E-state index is 3.74. The first-order chi connectivity index (χ1) is 9.83. The molecule has 0 bridgehead atoms. The van der Waals surface area contributed by atoms with E-state index in [2.05, 4.69) is 49.5 Å². The van der Waals surface area contributed by atoms with E-state index < -0.39 is 0 Å². The van der Waals surface area contributed by atoms with Crippen molar-refractivity contribution in [1.82, 2.24) is 5.32 Å². The van der Waals surface area contributed by atoms with Crippen LogP contribution in [-0.2, 0) is 0 Å². The monoisotopic (exact) mass is 273 g/mol. The summed E-state index contributed by atoms with van der Waals surface area (Å²) in [6.45, 7) is 5.82. The van der Waals surface area contributed by atoms with Crippen LogP contribution in [0, 0.1) is 5.92 Å². The second kappa shape index (κ2) is 8.46. The molecule has 1 fully saturated rings. The van der Waals surface area contributed by atoms with Crippen molar-refractivity contribution in [2.75, 3.05) is 6.54 Å². The number of hydrogen-bond acceptors (Lipinski definition) is 1. The molecule has 1 saturated carbocycles. The summed E-state index contributed by atoms with van der Waals surface area (Å²) in [6, 6.07) is 11.9. The topological polar surface area (TPSA) is 12.0 Å². The van der Waals surface area contributed by atoms with Crippen molar-refractivity contribution < 1.29 is 0 Å². The van der Waals surface area contributed by atoms with Gasteiger partial charge in [-0.1, -0.05) is 69.9 Å². The van der Waals surface area contributed by atoms with E-state index in [1.807, 2.05) is 0 Å². The fraction of sp³-hybridized carbons (Fsp3) is 0.684. The van der Waals surface area contributed by atoms with Crippen LogP contribution in [0.3, 0.4) is 0 Å². The normalized spacial score (nSPS) is 17.9.